The van der Waals surface area contributed by atoms with Gasteiger partial charge in [0.15, 0.2) is 17.7 Å². The van der Waals surface area contributed by atoms with Crippen molar-refractivity contribution in [2.24, 2.45) is 39.9 Å². The van der Waals surface area contributed by atoms with Gasteiger partial charge in [-0.15, -0.1) is 0 Å². The maximum atomic E-state index is 14.8. The van der Waals surface area contributed by atoms with Crippen LogP contribution in [0.25, 0.3) is 0 Å². The summed E-state index contributed by atoms with van der Waals surface area (Å²) in [6.45, 7) is 13.7. The fraction of sp³-hybridized carbons (Fsp3) is 0.735. The van der Waals surface area contributed by atoms with Crippen LogP contribution in [0.2, 0.25) is 0 Å². The van der Waals surface area contributed by atoms with Gasteiger partial charge in [0.2, 0.25) is 0 Å². The van der Waals surface area contributed by atoms with E-state index in [2.05, 4.69) is 0 Å². The third kappa shape index (κ3) is 5.40. The molecule has 0 radical (unpaired) electrons. The van der Waals surface area contributed by atoms with E-state index in [4.69, 9.17) is 9.47 Å². The van der Waals surface area contributed by atoms with E-state index >= 15 is 0 Å². The molecule has 0 aromatic carbocycles. The van der Waals surface area contributed by atoms with Crippen LogP contribution in [0.1, 0.15) is 100 Å². The van der Waals surface area contributed by atoms with Gasteiger partial charge in [-0.05, 0) is 86.7 Å². The summed E-state index contributed by atoms with van der Waals surface area (Å²) in [5.74, 6) is -4.16. The van der Waals surface area contributed by atoms with E-state index in [1.54, 1.807) is 26.8 Å². The highest BCUT2D eigenvalue weighted by molar-refractivity contribution is 5.98. The van der Waals surface area contributed by atoms with Crippen LogP contribution in [-0.2, 0) is 33.4 Å². The number of allylic oxidation sites excluding steroid dienone is 2. The zero-order valence-electron chi connectivity index (χ0n) is 26.8. The third-order valence-electron chi connectivity index (χ3n) is 11.6. The first-order valence-corrected chi connectivity index (χ1v) is 15.6. The SMILES string of the molecule is CC(=O)O[C@H]1C[C@@]2(C)[C@@H](CC[C@H]3[C@@]4(C)C=CC(=O)[C@@H](C)[C@@H]4[C@H](OC(C)=O)C(=O)[C@@]32C)/C1=C(\CCCCC(C)(C)O)C(=O)O. The van der Waals surface area contributed by atoms with Crippen LogP contribution >= 0.6 is 0 Å². The minimum Gasteiger partial charge on any atom is -0.478 e. The van der Waals surface area contributed by atoms with E-state index in [9.17, 15) is 34.2 Å². The molecular formula is C34H48O9. The number of hydrogen-bond acceptors (Lipinski definition) is 8. The molecule has 4 aliphatic rings. The first-order valence-electron chi connectivity index (χ1n) is 15.6. The number of Topliss-reactive ketones (excluding diaryl/α,β-unsaturated/α-hetero) is 1. The lowest BCUT2D eigenvalue weighted by Gasteiger charge is -2.66. The minimum atomic E-state index is -1.13. The molecule has 4 aliphatic carbocycles. The van der Waals surface area contributed by atoms with E-state index < -0.39 is 63.8 Å². The second kappa shape index (κ2) is 11.3. The van der Waals surface area contributed by atoms with E-state index in [-0.39, 0.29) is 41.8 Å². The molecule has 0 aromatic heterocycles. The van der Waals surface area contributed by atoms with Crippen LogP contribution in [0.3, 0.4) is 0 Å². The first-order chi connectivity index (χ1) is 19.8. The Labute approximate surface area is 254 Å². The number of esters is 2. The Morgan fingerprint density at radius 2 is 1.65 bits per heavy atom. The van der Waals surface area contributed by atoms with E-state index in [1.807, 2.05) is 26.8 Å². The number of aliphatic carboxylic acids is 1. The standard InChI is InChI=1S/C34H48O9/c1-18-23(37)14-16-32(6)25-13-12-22-26(21(30(39)40)11-9-10-15-31(4,5)41)24(42-19(2)35)17-33(22,7)34(25,8)29(38)28(27(18)32)43-20(3)36/h14,16,18,22,24-25,27-28,41H,9-13,15,17H2,1-8H3,(H,39,40)/b26-21-/t18-,22+,24+,25+,27-,28+,32-,33+,34-/m1/s1. The molecule has 43 heavy (non-hydrogen) atoms. The third-order valence-corrected chi connectivity index (χ3v) is 11.6. The number of ether oxygens (including phenoxy) is 2. The van der Waals surface area contributed by atoms with Gasteiger partial charge >= 0.3 is 17.9 Å². The Balaban J connectivity index is 1.86. The lowest BCUT2D eigenvalue weighted by molar-refractivity contribution is -0.207. The maximum Gasteiger partial charge on any atom is 0.331 e. The van der Waals surface area contributed by atoms with Crippen LogP contribution < -0.4 is 0 Å². The molecule has 0 amide bonds. The largest absolute Gasteiger partial charge is 0.478 e. The molecule has 0 unspecified atom stereocenters. The fourth-order valence-electron chi connectivity index (χ4n) is 9.54. The molecule has 4 rings (SSSR count). The Morgan fingerprint density at radius 1 is 1.02 bits per heavy atom. The molecule has 9 atom stereocenters. The molecular weight excluding hydrogens is 552 g/mol. The van der Waals surface area contributed by atoms with E-state index in [0.29, 0.717) is 37.7 Å². The molecule has 0 heterocycles. The molecule has 2 N–H and O–H groups in total. The van der Waals surface area contributed by atoms with Crippen LogP contribution in [0, 0.1) is 39.9 Å². The zero-order chi connectivity index (χ0) is 32.3. The highest BCUT2D eigenvalue weighted by Crippen LogP contribution is 2.73. The van der Waals surface area contributed by atoms with Crippen LogP contribution in [-0.4, -0.2) is 57.5 Å². The summed E-state index contributed by atoms with van der Waals surface area (Å²) in [6, 6.07) is 0. The number of carboxylic acid groups (broad SMARTS) is 1. The van der Waals surface area contributed by atoms with E-state index in [1.165, 1.54) is 13.8 Å². The van der Waals surface area contributed by atoms with Crippen molar-refractivity contribution in [1.29, 1.82) is 0 Å². The van der Waals surface area contributed by atoms with Gasteiger partial charge in [0, 0.05) is 36.7 Å². The average Bonchev–Trinajstić information content (AvgIpc) is 3.15. The van der Waals surface area contributed by atoms with Crippen molar-refractivity contribution in [2.45, 2.75) is 118 Å². The summed E-state index contributed by atoms with van der Waals surface area (Å²) in [5.41, 5.74) is -2.62. The van der Waals surface area contributed by atoms with Gasteiger partial charge < -0.3 is 19.7 Å². The normalized spacial score (nSPS) is 39.8. The number of rotatable bonds is 8. The van der Waals surface area contributed by atoms with Crippen LogP contribution in [0.15, 0.2) is 23.3 Å². The van der Waals surface area contributed by atoms with Gasteiger partial charge in [0.25, 0.3) is 0 Å². The summed E-state index contributed by atoms with van der Waals surface area (Å²) in [7, 11) is 0. The van der Waals surface area contributed by atoms with Crippen LogP contribution in [0.4, 0.5) is 0 Å². The number of ketones is 2. The van der Waals surface area contributed by atoms with Gasteiger partial charge in [-0.2, -0.15) is 0 Å². The second-order valence-electron chi connectivity index (χ2n) is 14.7. The predicted octanol–water partition coefficient (Wildman–Crippen LogP) is 4.99. The molecule has 238 valence electrons. The summed E-state index contributed by atoms with van der Waals surface area (Å²) in [6.07, 6.45) is 4.92. The first kappa shape index (κ1) is 33.1. The smallest absolute Gasteiger partial charge is 0.331 e. The zero-order valence-corrected chi connectivity index (χ0v) is 26.8. The molecule has 0 spiro atoms. The topological polar surface area (TPSA) is 144 Å². The average molecular weight is 601 g/mol. The van der Waals surface area contributed by atoms with Crippen molar-refractivity contribution in [3.05, 3.63) is 23.3 Å². The number of aliphatic hydroxyl groups is 1. The van der Waals surface area contributed by atoms with Crippen molar-refractivity contribution >= 4 is 29.5 Å². The number of unbranched alkanes of at least 4 members (excludes halogenated alkanes) is 1. The number of carbonyl (C=O) groups is 5. The molecule has 9 heteroatoms. The second-order valence-corrected chi connectivity index (χ2v) is 14.7. The molecule has 0 aromatic rings. The summed E-state index contributed by atoms with van der Waals surface area (Å²) >= 11 is 0. The fourth-order valence-corrected chi connectivity index (χ4v) is 9.54. The summed E-state index contributed by atoms with van der Waals surface area (Å²) < 4.78 is 11.6. The number of hydrogen-bond donors (Lipinski definition) is 2. The van der Waals surface area contributed by atoms with Crippen molar-refractivity contribution in [2.75, 3.05) is 0 Å². The Morgan fingerprint density at radius 3 is 2.21 bits per heavy atom. The minimum absolute atomic E-state index is 0.104. The van der Waals surface area contributed by atoms with Gasteiger partial charge in [-0.3, -0.25) is 19.2 Å². The Kier molecular flexibility index (Phi) is 8.68. The van der Waals surface area contributed by atoms with Crippen molar-refractivity contribution < 1.29 is 43.7 Å². The molecule has 0 saturated heterocycles. The number of fused-ring (bicyclic) bond motifs is 5. The van der Waals surface area contributed by atoms with Crippen LogP contribution in [0.5, 0.6) is 0 Å². The molecule has 9 nitrogen and oxygen atoms in total. The monoisotopic (exact) mass is 600 g/mol. The molecule has 3 fully saturated rings. The number of carboxylic acids is 1. The van der Waals surface area contributed by atoms with Gasteiger partial charge in [0.1, 0.15) is 6.10 Å². The Hall–Kier alpha value is -2.81. The lowest BCUT2D eigenvalue weighted by Crippen LogP contribution is -2.69. The highest BCUT2D eigenvalue weighted by atomic mass is 16.5. The van der Waals surface area contributed by atoms with E-state index in [0.717, 1.165) is 0 Å². The highest BCUT2D eigenvalue weighted by Gasteiger charge is 2.74. The quantitative estimate of drug-likeness (QED) is 0.224. The van der Waals surface area contributed by atoms with Crippen molar-refractivity contribution in [1.82, 2.24) is 0 Å². The lowest BCUT2D eigenvalue weighted by atomic mass is 9.37. The molecule has 3 saturated carbocycles. The summed E-state index contributed by atoms with van der Waals surface area (Å²) in [4.78, 5) is 65.1. The van der Waals surface area contributed by atoms with Gasteiger partial charge in [0.05, 0.1) is 5.60 Å². The predicted molar refractivity (Wildman–Crippen MR) is 157 cm³/mol. The Bertz CT molecular complexity index is 1270. The number of carbonyl (C=O) groups excluding carboxylic acids is 4. The van der Waals surface area contributed by atoms with Crippen molar-refractivity contribution in [3.63, 3.8) is 0 Å². The maximum absolute atomic E-state index is 14.8. The summed E-state index contributed by atoms with van der Waals surface area (Å²) in [5, 5.41) is 20.6. The molecule has 0 aliphatic heterocycles. The van der Waals surface area contributed by atoms with Crippen molar-refractivity contribution in [3.8, 4) is 0 Å². The van der Waals surface area contributed by atoms with Gasteiger partial charge in [-0.1, -0.05) is 40.2 Å². The van der Waals surface area contributed by atoms with Gasteiger partial charge in [-0.25, -0.2) is 4.79 Å². The molecule has 0 bridgehead atoms.